The number of esters is 1. The SMILES string of the molecule is CCOC(=O)C(c1ccccc1)C(Cc1cccc(OC)c1)C(=O)O. The van der Waals surface area contributed by atoms with Crippen molar-refractivity contribution in [1.82, 2.24) is 0 Å². The predicted molar refractivity (Wildman–Crippen MR) is 93.6 cm³/mol. The highest BCUT2D eigenvalue weighted by Gasteiger charge is 2.36. The van der Waals surface area contributed by atoms with Crippen LogP contribution in [-0.4, -0.2) is 30.8 Å². The fourth-order valence-corrected chi connectivity index (χ4v) is 2.83. The zero-order chi connectivity index (χ0) is 18.2. The van der Waals surface area contributed by atoms with E-state index in [1.54, 1.807) is 56.5 Å². The Morgan fingerprint density at radius 1 is 1.08 bits per heavy atom. The van der Waals surface area contributed by atoms with Crippen molar-refractivity contribution in [3.8, 4) is 5.75 Å². The number of carbonyl (C=O) groups is 2. The van der Waals surface area contributed by atoms with E-state index in [4.69, 9.17) is 9.47 Å². The highest BCUT2D eigenvalue weighted by molar-refractivity contribution is 5.85. The van der Waals surface area contributed by atoms with Gasteiger partial charge in [-0.1, -0.05) is 42.5 Å². The van der Waals surface area contributed by atoms with Gasteiger partial charge >= 0.3 is 11.9 Å². The van der Waals surface area contributed by atoms with Gasteiger partial charge in [0.1, 0.15) is 5.75 Å². The van der Waals surface area contributed by atoms with Gasteiger partial charge in [0.2, 0.25) is 0 Å². The standard InChI is InChI=1S/C20H22O5/c1-3-25-20(23)18(15-9-5-4-6-10-15)17(19(21)22)13-14-8-7-11-16(12-14)24-2/h4-12,17-18H,3,13H2,1-2H3,(H,21,22). The summed E-state index contributed by atoms with van der Waals surface area (Å²) in [6.07, 6.45) is 0.199. The summed E-state index contributed by atoms with van der Waals surface area (Å²) in [5.41, 5.74) is 1.42. The number of carbonyl (C=O) groups excluding carboxylic acids is 1. The van der Waals surface area contributed by atoms with Crippen LogP contribution >= 0.6 is 0 Å². The van der Waals surface area contributed by atoms with Gasteiger partial charge in [-0.2, -0.15) is 0 Å². The molecule has 2 atom stereocenters. The fourth-order valence-electron chi connectivity index (χ4n) is 2.83. The highest BCUT2D eigenvalue weighted by Crippen LogP contribution is 2.30. The molecule has 0 radical (unpaired) electrons. The average Bonchev–Trinajstić information content (AvgIpc) is 2.62. The van der Waals surface area contributed by atoms with Crippen molar-refractivity contribution >= 4 is 11.9 Å². The number of carboxylic acids is 1. The Labute approximate surface area is 147 Å². The largest absolute Gasteiger partial charge is 0.497 e. The Bertz CT molecular complexity index is 711. The Hall–Kier alpha value is -2.82. The van der Waals surface area contributed by atoms with Crippen LogP contribution in [0.3, 0.4) is 0 Å². The van der Waals surface area contributed by atoms with Gasteiger partial charge in [-0.25, -0.2) is 0 Å². The molecule has 1 N–H and O–H groups in total. The molecule has 0 aliphatic rings. The number of hydrogen-bond donors (Lipinski definition) is 1. The summed E-state index contributed by atoms with van der Waals surface area (Å²) < 4.78 is 10.3. The molecule has 25 heavy (non-hydrogen) atoms. The van der Waals surface area contributed by atoms with Crippen LogP contribution in [-0.2, 0) is 20.7 Å². The van der Waals surface area contributed by atoms with E-state index in [1.807, 2.05) is 12.1 Å². The van der Waals surface area contributed by atoms with Gasteiger partial charge in [-0.05, 0) is 36.6 Å². The van der Waals surface area contributed by atoms with E-state index in [2.05, 4.69) is 0 Å². The molecule has 2 rings (SSSR count). The second kappa shape index (κ2) is 8.87. The van der Waals surface area contributed by atoms with E-state index in [9.17, 15) is 14.7 Å². The van der Waals surface area contributed by atoms with E-state index in [-0.39, 0.29) is 13.0 Å². The second-order valence-electron chi connectivity index (χ2n) is 5.64. The Balaban J connectivity index is 2.38. The lowest BCUT2D eigenvalue weighted by Crippen LogP contribution is -2.31. The van der Waals surface area contributed by atoms with Crippen molar-refractivity contribution in [2.75, 3.05) is 13.7 Å². The van der Waals surface area contributed by atoms with Crippen molar-refractivity contribution in [3.05, 3.63) is 65.7 Å². The lowest BCUT2D eigenvalue weighted by Gasteiger charge is -2.23. The summed E-state index contributed by atoms with van der Waals surface area (Å²) in [7, 11) is 1.55. The molecule has 0 aliphatic carbocycles. The summed E-state index contributed by atoms with van der Waals surface area (Å²) in [5, 5.41) is 9.77. The van der Waals surface area contributed by atoms with Crippen LogP contribution in [0.15, 0.2) is 54.6 Å². The number of carboxylic acid groups (broad SMARTS) is 1. The molecular formula is C20H22O5. The number of benzene rings is 2. The molecule has 2 unspecified atom stereocenters. The smallest absolute Gasteiger partial charge is 0.314 e. The van der Waals surface area contributed by atoms with Crippen LogP contribution in [0.25, 0.3) is 0 Å². The Morgan fingerprint density at radius 2 is 1.80 bits per heavy atom. The predicted octanol–water partition coefficient (Wildman–Crippen LogP) is 3.29. The van der Waals surface area contributed by atoms with Gasteiger partial charge in [0.25, 0.3) is 0 Å². The first kappa shape index (κ1) is 18.5. The first-order valence-electron chi connectivity index (χ1n) is 8.14. The van der Waals surface area contributed by atoms with Gasteiger partial charge in [0, 0.05) is 0 Å². The molecule has 0 heterocycles. The van der Waals surface area contributed by atoms with E-state index in [0.29, 0.717) is 11.3 Å². The normalized spacial score (nSPS) is 12.9. The maximum atomic E-state index is 12.5. The first-order valence-corrected chi connectivity index (χ1v) is 8.14. The summed E-state index contributed by atoms with van der Waals surface area (Å²) >= 11 is 0. The minimum Gasteiger partial charge on any atom is -0.497 e. The zero-order valence-electron chi connectivity index (χ0n) is 14.3. The highest BCUT2D eigenvalue weighted by atomic mass is 16.5. The Kier molecular flexibility index (Phi) is 6.57. The van der Waals surface area contributed by atoms with Crippen molar-refractivity contribution in [2.45, 2.75) is 19.3 Å². The molecule has 5 nitrogen and oxygen atoms in total. The molecule has 0 amide bonds. The van der Waals surface area contributed by atoms with Crippen LogP contribution in [0.1, 0.15) is 24.0 Å². The van der Waals surface area contributed by atoms with E-state index < -0.39 is 23.8 Å². The summed E-state index contributed by atoms with van der Waals surface area (Å²) in [4.78, 5) is 24.4. The maximum Gasteiger partial charge on any atom is 0.314 e. The number of hydrogen-bond acceptors (Lipinski definition) is 4. The second-order valence-corrected chi connectivity index (χ2v) is 5.64. The Morgan fingerprint density at radius 3 is 2.40 bits per heavy atom. The third-order valence-corrected chi connectivity index (χ3v) is 4.01. The molecular weight excluding hydrogens is 320 g/mol. The summed E-state index contributed by atoms with van der Waals surface area (Å²) in [6.45, 7) is 1.91. The lowest BCUT2D eigenvalue weighted by molar-refractivity contribution is -0.153. The molecule has 0 spiro atoms. The molecule has 0 fully saturated rings. The lowest BCUT2D eigenvalue weighted by atomic mass is 9.82. The minimum atomic E-state index is -1.04. The zero-order valence-corrected chi connectivity index (χ0v) is 14.3. The quantitative estimate of drug-likeness (QED) is 0.745. The molecule has 0 saturated carbocycles. The number of methoxy groups -OCH3 is 1. The third kappa shape index (κ3) is 4.83. The fraction of sp³-hybridized carbons (Fsp3) is 0.300. The van der Waals surface area contributed by atoms with E-state index in [1.165, 1.54) is 0 Å². The molecule has 2 aromatic rings. The molecule has 0 saturated heterocycles. The molecule has 2 aromatic carbocycles. The van der Waals surface area contributed by atoms with Crippen LogP contribution in [0.4, 0.5) is 0 Å². The first-order chi connectivity index (χ1) is 12.1. The van der Waals surface area contributed by atoms with Gasteiger partial charge in [-0.15, -0.1) is 0 Å². The third-order valence-electron chi connectivity index (χ3n) is 4.01. The number of ether oxygens (including phenoxy) is 2. The van der Waals surface area contributed by atoms with Crippen molar-refractivity contribution in [2.24, 2.45) is 5.92 Å². The van der Waals surface area contributed by atoms with Crippen LogP contribution < -0.4 is 4.74 Å². The topological polar surface area (TPSA) is 72.8 Å². The van der Waals surface area contributed by atoms with Crippen LogP contribution in [0, 0.1) is 5.92 Å². The molecule has 0 aromatic heterocycles. The molecule has 5 heteroatoms. The molecule has 0 bridgehead atoms. The van der Waals surface area contributed by atoms with E-state index in [0.717, 1.165) is 5.56 Å². The minimum absolute atomic E-state index is 0.199. The van der Waals surface area contributed by atoms with Crippen molar-refractivity contribution < 1.29 is 24.2 Å². The van der Waals surface area contributed by atoms with Gasteiger partial charge in [-0.3, -0.25) is 9.59 Å². The van der Waals surface area contributed by atoms with Crippen molar-refractivity contribution in [3.63, 3.8) is 0 Å². The summed E-state index contributed by atoms with van der Waals surface area (Å²) in [5.74, 6) is -2.72. The molecule has 132 valence electrons. The number of aliphatic carboxylic acids is 1. The molecule has 0 aliphatic heterocycles. The van der Waals surface area contributed by atoms with E-state index >= 15 is 0 Å². The monoisotopic (exact) mass is 342 g/mol. The summed E-state index contributed by atoms with van der Waals surface area (Å²) in [6, 6.07) is 16.1. The van der Waals surface area contributed by atoms with Crippen LogP contribution in [0.2, 0.25) is 0 Å². The average molecular weight is 342 g/mol. The maximum absolute atomic E-state index is 12.5. The van der Waals surface area contributed by atoms with Gasteiger partial charge < -0.3 is 14.6 Å². The van der Waals surface area contributed by atoms with Crippen molar-refractivity contribution in [1.29, 1.82) is 0 Å². The number of rotatable bonds is 8. The van der Waals surface area contributed by atoms with Gasteiger partial charge in [0.05, 0.1) is 25.6 Å². The van der Waals surface area contributed by atoms with Gasteiger partial charge in [0.15, 0.2) is 0 Å². The van der Waals surface area contributed by atoms with Crippen LogP contribution in [0.5, 0.6) is 5.75 Å².